The summed E-state index contributed by atoms with van der Waals surface area (Å²) in [6.07, 6.45) is -5.10. The van der Waals surface area contributed by atoms with Gasteiger partial charge >= 0.3 is 6.18 Å². The predicted molar refractivity (Wildman–Crippen MR) is 55.8 cm³/mol. The predicted octanol–water partition coefficient (Wildman–Crippen LogP) is 4.04. The molecule has 0 aliphatic heterocycles. The van der Waals surface area contributed by atoms with E-state index >= 15 is 0 Å². The van der Waals surface area contributed by atoms with Crippen LogP contribution in [-0.2, 0) is 6.42 Å². The highest BCUT2D eigenvalue weighted by Gasteiger charge is 2.28. The van der Waals surface area contributed by atoms with Crippen LogP contribution in [0.3, 0.4) is 0 Å². The molecule has 0 radical (unpaired) electrons. The summed E-state index contributed by atoms with van der Waals surface area (Å²) >= 11 is 3.28. The van der Waals surface area contributed by atoms with Crippen molar-refractivity contribution < 1.29 is 13.2 Å². The molecule has 2 aromatic rings. The molecule has 1 nitrogen and oxygen atoms in total. The maximum Gasteiger partial charge on any atom is 0.394 e. The van der Waals surface area contributed by atoms with E-state index in [-0.39, 0.29) is 5.69 Å². The number of rotatable bonds is 1. The summed E-state index contributed by atoms with van der Waals surface area (Å²) in [6, 6.07) is 6.87. The number of fused-ring (bicyclic) bond motifs is 1. The lowest BCUT2D eigenvalue weighted by Crippen LogP contribution is -2.11. The van der Waals surface area contributed by atoms with E-state index in [1.165, 1.54) is 6.07 Å². The first-order chi connectivity index (χ1) is 6.96. The van der Waals surface area contributed by atoms with Crippen LogP contribution in [0.2, 0.25) is 0 Å². The van der Waals surface area contributed by atoms with Crippen molar-refractivity contribution in [2.24, 2.45) is 0 Å². The molecule has 0 fully saturated rings. The zero-order valence-corrected chi connectivity index (χ0v) is 9.11. The Hall–Kier alpha value is -0.970. The summed E-state index contributed by atoms with van der Waals surface area (Å²) in [4.78, 5) is 2.75. The van der Waals surface area contributed by atoms with Crippen molar-refractivity contribution in [1.29, 1.82) is 0 Å². The van der Waals surface area contributed by atoms with Gasteiger partial charge in [-0.15, -0.1) is 0 Å². The fraction of sp³-hybridized carbons (Fsp3) is 0.200. The van der Waals surface area contributed by atoms with E-state index in [1.807, 2.05) is 0 Å². The second kappa shape index (κ2) is 3.56. The minimum atomic E-state index is -4.17. The standard InChI is InChI=1S/C10H7BrF3N/c11-8-3-1-2-6-4-7(15-9(6)8)5-10(12,13)14/h1-4,15H,5H2. The summed E-state index contributed by atoms with van der Waals surface area (Å²) < 4.78 is 37.2. The van der Waals surface area contributed by atoms with E-state index in [0.29, 0.717) is 5.52 Å². The van der Waals surface area contributed by atoms with Crippen molar-refractivity contribution in [3.8, 4) is 0 Å². The molecule has 0 saturated heterocycles. The summed E-state index contributed by atoms with van der Waals surface area (Å²) in [5, 5.41) is 0.781. The average Bonchev–Trinajstić information content (AvgIpc) is 2.45. The van der Waals surface area contributed by atoms with Crippen LogP contribution in [-0.4, -0.2) is 11.2 Å². The molecular formula is C10H7BrF3N. The van der Waals surface area contributed by atoms with E-state index in [0.717, 1.165) is 9.86 Å². The van der Waals surface area contributed by atoms with Crippen molar-refractivity contribution in [3.63, 3.8) is 0 Å². The van der Waals surface area contributed by atoms with Gasteiger partial charge in [-0.1, -0.05) is 12.1 Å². The van der Waals surface area contributed by atoms with Crippen molar-refractivity contribution in [1.82, 2.24) is 4.98 Å². The average molecular weight is 278 g/mol. The van der Waals surface area contributed by atoms with E-state index < -0.39 is 12.6 Å². The van der Waals surface area contributed by atoms with E-state index in [1.54, 1.807) is 18.2 Å². The molecule has 0 amide bonds. The number of nitrogens with one attached hydrogen (secondary N) is 1. The number of aromatic nitrogens is 1. The number of halogens is 4. The van der Waals surface area contributed by atoms with Gasteiger partial charge in [0.2, 0.25) is 0 Å². The molecule has 0 aliphatic rings. The molecule has 5 heteroatoms. The molecule has 1 N–H and O–H groups in total. The molecule has 0 bridgehead atoms. The number of benzene rings is 1. The maximum absolute atomic E-state index is 12.1. The molecule has 0 spiro atoms. The van der Waals surface area contributed by atoms with Gasteiger partial charge in [-0.3, -0.25) is 0 Å². The van der Waals surface area contributed by atoms with Crippen LogP contribution in [0.1, 0.15) is 5.69 Å². The van der Waals surface area contributed by atoms with Gasteiger partial charge in [0.15, 0.2) is 0 Å². The van der Waals surface area contributed by atoms with E-state index in [9.17, 15) is 13.2 Å². The van der Waals surface area contributed by atoms with Crippen LogP contribution in [0.25, 0.3) is 10.9 Å². The monoisotopic (exact) mass is 277 g/mol. The third-order valence-electron chi connectivity index (χ3n) is 2.05. The smallest absolute Gasteiger partial charge is 0.357 e. The van der Waals surface area contributed by atoms with Gasteiger partial charge in [0.25, 0.3) is 0 Å². The summed E-state index contributed by atoms with van der Waals surface area (Å²) in [6.45, 7) is 0. The highest BCUT2D eigenvalue weighted by atomic mass is 79.9. The second-order valence-electron chi connectivity index (χ2n) is 3.29. The Morgan fingerprint density at radius 1 is 1.27 bits per heavy atom. The van der Waals surface area contributed by atoms with Crippen molar-refractivity contribution in [2.45, 2.75) is 12.6 Å². The molecular weight excluding hydrogens is 271 g/mol. The highest BCUT2D eigenvalue weighted by Crippen LogP contribution is 2.27. The lowest BCUT2D eigenvalue weighted by molar-refractivity contribution is -0.127. The lowest BCUT2D eigenvalue weighted by Gasteiger charge is -2.02. The van der Waals surface area contributed by atoms with Gasteiger partial charge in [0.1, 0.15) is 0 Å². The van der Waals surface area contributed by atoms with Crippen LogP contribution in [0.4, 0.5) is 13.2 Å². The number of H-pyrrole nitrogens is 1. The Balaban J connectivity index is 2.44. The quantitative estimate of drug-likeness (QED) is 0.810. The highest BCUT2D eigenvalue weighted by molar-refractivity contribution is 9.10. The second-order valence-corrected chi connectivity index (χ2v) is 4.14. The van der Waals surface area contributed by atoms with Gasteiger partial charge < -0.3 is 4.98 Å². The zero-order valence-electron chi connectivity index (χ0n) is 7.53. The Morgan fingerprint density at radius 2 is 2.00 bits per heavy atom. The third-order valence-corrected chi connectivity index (χ3v) is 2.71. The molecule has 1 heterocycles. The van der Waals surface area contributed by atoms with Crippen LogP contribution in [0.5, 0.6) is 0 Å². The molecule has 1 aromatic heterocycles. The van der Waals surface area contributed by atoms with Crippen LogP contribution in [0, 0.1) is 0 Å². The number of aromatic amines is 1. The molecule has 0 aliphatic carbocycles. The molecule has 1 aromatic carbocycles. The first kappa shape index (κ1) is 10.5. The van der Waals surface area contributed by atoms with E-state index in [4.69, 9.17) is 0 Å². The van der Waals surface area contributed by atoms with Crippen molar-refractivity contribution in [2.75, 3.05) is 0 Å². The van der Waals surface area contributed by atoms with Gasteiger partial charge in [0.05, 0.1) is 11.9 Å². The number of alkyl halides is 3. The summed E-state index contributed by atoms with van der Waals surface area (Å²) in [5.41, 5.74) is 0.890. The van der Waals surface area contributed by atoms with E-state index in [2.05, 4.69) is 20.9 Å². The molecule has 0 unspecified atom stereocenters. The van der Waals surface area contributed by atoms with Gasteiger partial charge in [-0.2, -0.15) is 13.2 Å². The van der Waals surface area contributed by atoms with Gasteiger partial charge in [-0.25, -0.2) is 0 Å². The van der Waals surface area contributed by atoms with Crippen LogP contribution < -0.4 is 0 Å². The minimum Gasteiger partial charge on any atom is -0.357 e. The molecule has 0 saturated carbocycles. The van der Waals surface area contributed by atoms with Crippen LogP contribution >= 0.6 is 15.9 Å². The molecule has 0 atom stereocenters. The Labute approximate surface area is 92.4 Å². The van der Waals surface area contributed by atoms with Crippen molar-refractivity contribution >= 4 is 26.8 Å². The molecule has 80 valence electrons. The van der Waals surface area contributed by atoms with Gasteiger partial charge in [-0.05, 0) is 28.1 Å². The number of hydrogen-bond donors (Lipinski definition) is 1. The lowest BCUT2D eigenvalue weighted by atomic mass is 10.2. The summed E-state index contributed by atoms with van der Waals surface area (Å²) in [7, 11) is 0. The van der Waals surface area contributed by atoms with Crippen molar-refractivity contribution in [3.05, 3.63) is 34.4 Å². The number of para-hydroxylation sites is 1. The normalized spacial score (nSPS) is 12.3. The fourth-order valence-electron chi connectivity index (χ4n) is 1.49. The Bertz CT molecular complexity index is 487. The van der Waals surface area contributed by atoms with Crippen LogP contribution in [0.15, 0.2) is 28.7 Å². The summed E-state index contributed by atoms with van der Waals surface area (Å²) in [5.74, 6) is 0. The first-order valence-corrected chi connectivity index (χ1v) is 5.08. The topological polar surface area (TPSA) is 15.8 Å². The largest absolute Gasteiger partial charge is 0.394 e. The maximum atomic E-state index is 12.1. The van der Waals surface area contributed by atoms with Gasteiger partial charge in [0, 0.05) is 15.6 Å². The first-order valence-electron chi connectivity index (χ1n) is 4.28. The zero-order chi connectivity index (χ0) is 11.1. The number of hydrogen-bond acceptors (Lipinski definition) is 0. The minimum absolute atomic E-state index is 0.185. The fourth-order valence-corrected chi connectivity index (χ4v) is 1.97. The molecule has 15 heavy (non-hydrogen) atoms. The molecule has 2 rings (SSSR count). The Kier molecular flexibility index (Phi) is 2.50. The third kappa shape index (κ3) is 2.34. The Morgan fingerprint density at radius 3 is 2.60 bits per heavy atom. The SMILES string of the molecule is FC(F)(F)Cc1cc2cccc(Br)c2[nH]1.